The molecular formula is C24H27N3O4. The number of nitrogens with zero attached hydrogens (tertiary/aromatic N) is 2. The predicted molar refractivity (Wildman–Crippen MR) is 120 cm³/mol. The molecule has 0 unspecified atom stereocenters. The fraction of sp³-hybridized carbons (Fsp3) is 0.333. The molecule has 0 aliphatic rings. The molecule has 7 nitrogen and oxygen atoms in total. The first-order valence-electron chi connectivity index (χ1n) is 10.5. The highest BCUT2D eigenvalue weighted by atomic mass is 16.5. The fourth-order valence-corrected chi connectivity index (χ4v) is 3.19. The van der Waals surface area contributed by atoms with Crippen LogP contribution < -0.4 is 10.9 Å². The third-order valence-electron chi connectivity index (χ3n) is 4.98. The molecule has 2 aromatic carbocycles. The number of ether oxygens (including phenoxy) is 1. The minimum absolute atomic E-state index is 0.0281. The van der Waals surface area contributed by atoms with Crippen molar-refractivity contribution in [2.24, 2.45) is 0 Å². The van der Waals surface area contributed by atoms with Crippen molar-refractivity contribution >= 4 is 28.3 Å². The van der Waals surface area contributed by atoms with Crippen LogP contribution in [0.5, 0.6) is 0 Å². The van der Waals surface area contributed by atoms with E-state index in [9.17, 15) is 14.4 Å². The number of nitrogens with one attached hydrogen (secondary N) is 1. The van der Waals surface area contributed by atoms with Crippen LogP contribution in [-0.2, 0) is 16.1 Å². The third-order valence-corrected chi connectivity index (χ3v) is 4.98. The van der Waals surface area contributed by atoms with Crippen LogP contribution in [0.3, 0.4) is 0 Å². The van der Waals surface area contributed by atoms with Crippen LogP contribution >= 0.6 is 0 Å². The lowest BCUT2D eigenvalue weighted by Crippen LogP contribution is -2.27. The first-order chi connectivity index (χ1) is 14.9. The number of anilines is 1. The summed E-state index contributed by atoms with van der Waals surface area (Å²) in [5.41, 5.74) is 1.58. The minimum Gasteiger partial charge on any atom is -0.451 e. The zero-order valence-corrected chi connectivity index (χ0v) is 18.1. The summed E-state index contributed by atoms with van der Waals surface area (Å²) in [6.07, 6.45) is 1.65. The number of hydrogen-bond donors (Lipinski definition) is 1. The average Bonchev–Trinajstić information content (AvgIpc) is 2.77. The lowest BCUT2D eigenvalue weighted by atomic mass is 10.0. The van der Waals surface area contributed by atoms with Crippen LogP contribution in [0.15, 0.2) is 53.3 Å². The van der Waals surface area contributed by atoms with Gasteiger partial charge < -0.3 is 10.1 Å². The topological polar surface area (TPSA) is 90.3 Å². The van der Waals surface area contributed by atoms with Gasteiger partial charge in [-0.05, 0) is 36.1 Å². The van der Waals surface area contributed by atoms with Gasteiger partial charge >= 0.3 is 5.97 Å². The molecule has 0 fully saturated rings. The number of amides is 1. The van der Waals surface area contributed by atoms with Crippen molar-refractivity contribution in [3.8, 4) is 0 Å². The van der Waals surface area contributed by atoms with Gasteiger partial charge in [-0.1, -0.05) is 57.5 Å². The fourth-order valence-electron chi connectivity index (χ4n) is 3.19. The van der Waals surface area contributed by atoms with Gasteiger partial charge in [0.25, 0.3) is 11.5 Å². The Morgan fingerprint density at radius 1 is 1.06 bits per heavy atom. The number of hydrogen-bond acceptors (Lipinski definition) is 5. The van der Waals surface area contributed by atoms with Gasteiger partial charge in [0.1, 0.15) is 0 Å². The number of rotatable bonds is 8. The Morgan fingerprint density at radius 2 is 1.74 bits per heavy atom. The molecule has 0 spiro atoms. The molecule has 31 heavy (non-hydrogen) atoms. The molecule has 162 valence electrons. The summed E-state index contributed by atoms with van der Waals surface area (Å²) in [5.74, 6) is -0.797. The third kappa shape index (κ3) is 5.36. The molecule has 0 bridgehead atoms. The van der Waals surface area contributed by atoms with Crippen LogP contribution in [0.4, 0.5) is 5.69 Å². The lowest BCUT2D eigenvalue weighted by Gasteiger charge is -2.11. The normalized spacial score (nSPS) is 11.0. The summed E-state index contributed by atoms with van der Waals surface area (Å²) in [5, 5.41) is 7.74. The van der Waals surface area contributed by atoms with Crippen LogP contribution in [-0.4, -0.2) is 28.3 Å². The van der Waals surface area contributed by atoms with Crippen molar-refractivity contribution in [2.45, 2.75) is 46.1 Å². The molecule has 0 radical (unpaired) electrons. The van der Waals surface area contributed by atoms with Gasteiger partial charge in [-0.3, -0.25) is 9.59 Å². The van der Waals surface area contributed by atoms with Crippen LogP contribution in [0.25, 0.3) is 10.8 Å². The van der Waals surface area contributed by atoms with E-state index in [1.807, 2.05) is 31.2 Å². The molecule has 7 heteroatoms. The summed E-state index contributed by atoms with van der Waals surface area (Å²) >= 11 is 0. The van der Waals surface area contributed by atoms with E-state index in [-0.39, 0.29) is 11.3 Å². The molecule has 1 N–H and O–H groups in total. The van der Waals surface area contributed by atoms with E-state index in [1.54, 1.807) is 24.3 Å². The molecule has 0 aliphatic heterocycles. The number of esters is 1. The second-order valence-corrected chi connectivity index (χ2v) is 7.68. The van der Waals surface area contributed by atoms with Gasteiger partial charge in [0.15, 0.2) is 12.3 Å². The smallest absolute Gasteiger partial charge is 0.359 e. The van der Waals surface area contributed by atoms with Crippen molar-refractivity contribution < 1.29 is 14.3 Å². The molecule has 0 saturated heterocycles. The van der Waals surface area contributed by atoms with E-state index >= 15 is 0 Å². The molecular weight excluding hydrogens is 394 g/mol. The van der Waals surface area contributed by atoms with Crippen LogP contribution in [0.1, 0.15) is 55.6 Å². The summed E-state index contributed by atoms with van der Waals surface area (Å²) < 4.78 is 6.49. The highest BCUT2D eigenvalue weighted by Gasteiger charge is 2.19. The zero-order valence-electron chi connectivity index (χ0n) is 18.1. The number of unbranched alkanes of at least 4 members (excludes halogenated alkanes) is 1. The van der Waals surface area contributed by atoms with E-state index in [4.69, 9.17) is 4.74 Å². The second kappa shape index (κ2) is 10.0. The van der Waals surface area contributed by atoms with Crippen LogP contribution in [0, 0.1) is 0 Å². The molecule has 0 atom stereocenters. The maximum atomic E-state index is 12.7. The van der Waals surface area contributed by atoms with Gasteiger partial charge in [-0.25, -0.2) is 9.48 Å². The minimum atomic E-state index is -0.744. The quantitative estimate of drug-likeness (QED) is 0.553. The second-order valence-electron chi connectivity index (χ2n) is 7.68. The average molecular weight is 421 g/mol. The van der Waals surface area contributed by atoms with Crippen molar-refractivity contribution in [3.05, 3.63) is 70.1 Å². The number of fused-ring (bicyclic) bond motifs is 1. The van der Waals surface area contributed by atoms with Crippen molar-refractivity contribution in [1.29, 1.82) is 0 Å². The largest absolute Gasteiger partial charge is 0.451 e. The number of aryl methyl sites for hydroxylation is 1. The highest BCUT2D eigenvalue weighted by Crippen LogP contribution is 2.17. The van der Waals surface area contributed by atoms with Gasteiger partial charge in [0, 0.05) is 17.6 Å². The Hall–Kier alpha value is -3.48. The Kier molecular flexibility index (Phi) is 7.18. The van der Waals surface area contributed by atoms with Gasteiger partial charge in [-0.15, -0.1) is 0 Å². The summed E-state index contributed by atoms with van der Waals surface area (Å²) in [6.45, 7) is 6.16. The van der Waals surface area contributed by atoms with Crippen LogP contribution in [0.2, 0.25) is 0 Å². The molecule has 1 aromatic heterocycles. The zero-order chi connectivity index (χ0) is 22.4. The van der Waals surface area contributed by atoms with Crippen molar-refractivity contribution in [2.75, 3.05) is 11.9 Å². The molecule has 0 saturated carbocycles. The van der Waals surface area contributed by atoms with E-state index in [0.717, 1.165) is 12.8 Å². The number of benzene rings is 2. The lowest BCUT2D eigenvalue weighted by molar-refractivity contribution is -0.119. The Balaban J connectivity index is 1.73. The van der Waals surface area contributed by atoms with Crippen molar-refractivity contribution in [3.63, 3.8) is 0 Å². The standard InChI is InChI=1S/C24H27N3O4/c1-4-5-14-27-23(29)20-9-7-6-8-19(20)22(26-27)24(30)31-15-21(28)25-18-12-10-17(11-13-18)16(2)3/h6-13,16H,4-5,14-15H2,1-3H3,(H,25,28). The molecule has 3 aromatic rings. The maximum Gasteiger partial charge on any atom is 0.359 e. The van der Waals surface area contributed by atoms with E-state index in [2.05, 4.69) is 24.3 Å². The summed E-state index contributed by atoms with van der Waals surface area (Å²) in [6, 6.07) is 14.3. The number of carbonyl (C=O) groups excluding carboxylic acids is 2. The SMILES string of the molecule is CCCCn1nc(C(=O)OCC(=O)Nc2ccc(C(C)C)cc2)c2ccccc2c1=O. The Bertz CT molecular complexity index is 1130. The molecule has 1 amide bonds. The summed E-state index contributed by atoms with van der Waals surface area (Å²) in [4.78, 5) is 37.6. The van der Waals surface area contributed by atoms with Crippen molar-refractivity contribution in [1.82, 2.24) is 9.78 Å². The van der Waals surface area contributed by atoms with E-state index < -0.39 is 18.5 Å². The monoisotopic (exact) mass is 421 g/mol. The van der Waals surface area contributed by atoms with Gasteiger partial charge in [0.05, 0.1) is 5.39 Å². The summed E-state index contributed by atoms with van der Waals surface area (Å²) in [7, 11) is 0. The molecule has 3 rings (SSSR count). The molecule has 0 aliphatic carbocycles. The maximum absolute atomic E-state index is 12.7. The van der Waals surface area contributed by atoms with Gasteiger partial charge in [-0.2, -0.15) is 5.10 Å². The van der Waals surface area contributed by atoms with Gasteiger partial charge in [0.2, 0.25) is 0 Å². The predicted octanol–water partition coefficient (Wildman–Crippen LogP) is 4.12. The number of carbonyl (C=O) groups is 2. The Labute approximate surface area is 181 Å². The molecule has 1 heterocycles. The highest BCUT2D eigenvalue weighted by molar-refractivity contribution is 6.03. The number of aromatic nitrogens is 2. The van der Waals surface area contributed by atoms with E-state index in [0.29, 0.717) is 28.9 Å². The van der Waals surface area contributed by atoms with E-state index in [1.165, 1.54) is 10.2 Å². The first kappa shape index (κ1) is 22.2. The Morgan fingerprint density at radius 3 is 2.39 bits per heavy atom. The first-order valence-corrected chi connectivity index (χ1v) is 10.5.